The van der Waals surface area contributed by atoms with Crippen molar-refractivity contribution in [1.82, 2.24) is 0 Å². The van der Waals surface area contributed by atoms with Crippen LogP contribution < -0.4 is 4.74 Å². The maximum atomic E-state index is 12.9. The molecule has 1 heterocycles. The fraction of sp³-hybridized carbons (Fsp3) is 0.333. The first-order valence-corrected chi connectivity index (χ1v) is 4.55. The highest BCUT2D eigenvalue weighted by Gasteiger charge is 2.60. The highest BCUT2D eigenvalue weighted by Crippen LogP contribution is 2.46. The van der Waals surface area contributed by atoms with Crippen molar-refractivity contribution in [3.8, 4) is 5.75 Å². The number of benzene rings is 1. The average Bonchev–Trinajstić information content (AvgIpc) is 2.79. The molecule has 17 heavy (non-hydrogen) atoms. The molecule has 0 saturated carbocycles. The lowest BCUT2D eigenvalue weighted by molar-refractivity contribution is -0.187. The fourth-order valence-corrected chi connectivity index (χ4v) is 1.41. The third-order valence-electron chi connectivity index (χ3n) is 2.31. The number of alkyl halides is 3. The van der Waals surface area contributed by atoms with Crippen LogP contribution in [0.5, 0.6) is 5.75 Å². The second kappa shape index (κ2) is 3.79. The van der Waals surface area contributed by atoms with Gasteiger partial charge in [-0.3, -0.25) is 0 Å². The molecule has 0 aromatic heterocycles. The zero-order valence-corrected chi connectivity index (χ0v) is 8.64. The van der Waals surface area contributed by atoms with Crippen LogP contribution in [0.15, 0.2) is 44.9 Å². The van der Waals surface area contributed by atoms with Gasteiger partial charge < -0.3 is 4.74 Å². The Morgan fingerprint density at radius 1 is 1.06 bits per heavy atom. The van der Waals surface area contributed by atoms with Crippen LogP contribution >= 0.6 is 0 Å². The number of hydrogen-bond donors (Lipinski definition) is 0. The van der Waals surface area contributed by atoms with E-state index in [1.807, 2.05) is 0 Å². The summed E-state index contributed by atoms with van der Waals surface area (Å²) in [6.07, 6.45) is -4.69. The Balaban J connectivity index is 2.48. The molecule has 0 saturated heterocycles. The second-order valence-electron chi connectivity index (χ2n) is 3.28. The largest absolute Gasteiger partial charge is 0.497 e. The predicted molar refractivity (Wildman–Crippen MR) is 50.4 cm³/mol. The van der Waals surface area contributed by atoms with E-state index in [1.54, 1.807) is 0 Å². The van der Waals surface area contributed by atoms with Gasteiger partial charge in [0.25, 0.3) is 0 Å². The van der Waals surface area contributed by atoms with E-state index < -0.39 is 11.8 Å². The third kappa shape index (κ3) is 1.75. The molecule has 0 bridgehead atoms. The van der Waals surface area contributed by atoms with Crippen LogP contribution in [0.3, 0.4) is 0 Å². The van der Waals surface area contributed by atoms with E-state index in [0.29, 0.717) is 5.75 Å². The first-order chi connectivity index (χ1) is 7.99. The van der Waals surface area contributed by atoms with Gasteiger partial charge in [0.1, 0.15) is 5.75 Å². The van der Waals surface area contributed by atoms with Crippen molar-refractivity contribution in [3.63, 3.8) is 0 Å². The van der Waals surface area contributed by atoms with Gasteiger partial charge in [-0.1, -0.05) is 12.1 Å². The topological polar surface area (TPSA) is 58.7 Å². The molecule has 1 aromatic rings. The maximum absolute atomic E-state index is 12.9. The zero-order chi connectivity index (χ0) is 12.5. The standard InChI is InChI=1S/C9H7F3N4O/c1-17-7-4-2-6(3-5-7)8(9(10,11)12)13-15-16-14-8/h2-5H,1H3. The van der Waals surface area contributed by atoms with E-state index in [0.717, 1.165) is 0 Å². The lowest BCUT2D eigenvalue weighted by Gasteiger charge is -2.22. The monoisotopic (exact) mass is 244 g/mol. The summed E-state index contributed by atoms with van der Waals surface area (Å²) in [5.41, 5.74) is -2.88. The minimum Gasteiger partial charge on any atom is -0.497 e. The summed E-state index contributed by atoms with van der Waals surface area (Å²) in [5.74, 6) is 0.443. The summed E-state index contributed by atoms with van der Waals surface area (Å²) in [4.78, 5) is 0. The first-order valence-electron chi connectivity index (χ1n) is 4.55. The number of rotatable bonds is 2. The molecule has 2 rings (SSSR count). The SMILES string of the molecule is COc1ccc(C2(C(F)(F)F)N=NN=N2)cc1. The molecule has 1 aromatic carbocycles. The van der Waals surface area contributed by atoms with Crippen LogP contribution in [-0.2, 0) is 5.66 Å². The Bertz CT molecular complexity index is 454. The number of nitrogens with zero attached hydrogens (tertiary/aromatic N) is 4. The van der Waals surface area contributed by atoms with E-state index in [9.17, 15) is 13.2 Å². The summed E-state index contributed by atoms with van der Waals surface area (Å²) in [7, 11) is 1.42. The lowest BCUT2D eigenvalue weighted by atomic mass is 10.0. The highest BCUT2D eigenvalue weighted by atomic mass is 19.4. The van der Waals surface area contributed by atoms with Gasteiger partial charge in [-0.2, -0.15) is 13.2 Å². The number of methoxy groups -OCH3 is 1. The third-order valence-corrected chi connectivity index (χ3v) is 2.31. The second-order valence-corrected chi connectivity index (χ2v) is 3.28. The molecule has 0 fully saturated rings. The quantitative estimate of drug-likeness (QED) is 0.787. The van der Waals surface area contributed by atoms with E-state index in [-0.39, 0.29) is 5.56 Å². The fourth-order valence-electron chi connectivity index (χ4n) is 1.41. The van der Waals surface area contributed by atoms with Crippen molar-refractivity contribution in [1.29, 1.82) is 0 Å². The highest BCUT2D eigenvalue weighted by molar-refractivity contribution is 5.33. The predicted octanol–water partition coefficient (Wildman–Crippen LogP) is 3.24. The van der Waals surface area contributed by atoms with Gasteiger partial charge in [0, 0.05) is 5.56 Å². The average molecular weight is 244 g/mol. The smallest absolute Gasteiger partial charge is 0.442 e. The van der Waals surface area contributed by atoms with E-state index in [4.69, 9.17) is 4.74 Å². The van der Waals surface area contributed by atoms with E-state index in [2.05, 4.69) is 20.7 Å². The molecule has 0 N–H and O–H groups in total. The van der Waals surface area contributed by atoms with Crippen molar-refractivity contribution in [2.45, 2.75) is 11.8 Å². The van der Waals surface area contributed by atoms with Gasteiger partial charge in [0.2, 0.25) is 0 Å². The van der Waals surface area contributed by atoms with E-state index >= 15 is 0 Å². The Labute approximate surface area is 94.0 Å². The maximum Gasteiger partial charge on any atom is 0.442 e. The van der Waals surface area contributed by atoms with Crippen LogP contribution in [0, 0.1) is 0 Å². The molecule has 0 spiro atoms. The molecular weight excluding hydrogens is 237 g/mol. The normalized spacial score (nSPS) is 17.4. The van der Waals surface area contributed by atoms with Gasteiger partial charge >= 0.3 is 11.8 Å². The molecule has 1 aliphatic rings. The molecule has 0 radical (unpaired) electrons. The van der Waals surface area contributed by atoms with Crippen molar-refractivity contribution >= 4 is 0 Å². The Morgan fingerprint density at radius 2 is 1.59 bits per heavy atom. The van der Waals surface area contributed by atoms with Crippen molar-refractivity contribution in [2.75, 3.05) is 7.11 Å². The number of ether oxygens (including phenoxy) is 1. The molecule has 0 amide bonds. The van der Waals surface area contributed by atoms with Gasteiger partial charge in [0.05, 0.1) is 7.11 Å². The Morgan fingerprint density at radius 3 is 2.00 bits per heavy atom. The van der Waals surface area contributed by atoms with Crippen LogP contribution in [-0.4, -0.2) is 13.3 Å². The molecule has 0 unspecified atom stereocenters. The molecule has 8 heteroatoms. The van der Waals surface area contributed by atoms with Crippen LogP contribution in [0.2, 0.25) is 0 Å². The Kier molecular flexibility index (Phi) is 2.56. The van der Waals surface area contributed by atoms with Gasteiger partial charge in [-0.15, -0.1) is 10.2 Å². The summed E-state index contributed by atoms with van der Waals surface area (Å²) in [5, 5.41) is 12.1. The van der Waals surface area contributed by atoms with Crippen molar-refractivity contribution in [2.24, 2.45) is 20.7 Å². The van der Waals surface area contributed by atoms with Crippen LogP contribution in [0.25, 0.3) is 0 Å². The number of hydrogen-bond acceptors (Lipinski definition) is 5. The minimum absolute atomic E-state index is 0.157. The summed E-state index contributed by atoms with van der Waals surface area (Å²) in [6.45, 7) is 0. The van der Waals surface area contributed by atoms with Gasteiger partial charge in [-0.05, 0) is 22.6 Å². The van der Waals surface area contributed by atoms with E-state index in [1.165, 1.54) is 31.4 Å². The molecule has 0 atom stereocenters. The van der Waals surface area contributed by atoms with Gasteiger partial charge in [0.15, 0.2) is 0 Å². The molecule has 90 valence electrons. The summed E-state index contributed by atoms with van der Waals surface area (Å²) >= 11 is 0. The van der Waals surface area contributed by atoms with Crippen molar-refractivity contribution in [3.05, 3.63) is 29.8 Å². The number of halogens is 3. The minimum atomic E-state index is -4.69. The molecular formula is C9H7F3N4O. The van der Waals surface area contributed by atoms with Crippen molar-refractivity contribution < 1.29 is 17.9 Å². The lowest BCUT2D eigenvalue weighted by Crippen LogP contribution is -2.37. The zero-order valence-electron chi connectivity index (χ0n) is 8.64. The summed E-state index contributed by atoms with van der Waals surface area (Å²) in [6, 6.07) is 5.25. The first kappa shape index (κ1) is 11.5. The summed E-state index contributed by atoms with van der Waals surface area (Å²) < 4.78 is 43.7. The molecule has 5 nitrogen and oxygen atoms in total. The van der Waals surface area contributed by atoms with Crippen LogP contribution in [0.1, 0.15) is 5.56 Å². The van der Waals surface area contributed by atoms with Gasteiger partial charge in [-0.25, -0.2) is 0 Å². The molecule has 0 aliphatic carbocycles. The Hall–Kier alpha value is -1.99. The van der Waals surface area contributed by atoms with Crippen LogP contribution in [0.4, 0.5) is 13.2 Å². The molecule has 1 aliphatic heterocycles.